The highest BCUT2D eigenvalue weighted by molar-refractivity contribution is 5.94. The highest BCUT2D eigenvalue weighted by Gasteiger charge is 2.30. The van der Waals surface area contributed by atoms with Crippen molar-refractivity contribution in [2.24, 2.45) is 5.92 Å². The molecule has 1 atom stereocenters. The average molecular weight is 305 g/mol. The molecule has 2 aliphatic rings. The Morgan fingerprint density at radius 3 is 2.95 bits per heavy atom. The van der Waals surface area contributed by atoms with Crippen molar-refractivity contribution in [3.8, 4) is 5.75 Å². The van der Waals surface area contributed by atoms with Crippen LogP contribution in [0.4, 0.5) is 0 Å². The molecule has 1 aromatic heterocycles. The number of amides is 1. The molecule has 1 aliphatic carbocycles. The molecule has 22 heavy (non-hydrogen) atoms. The highest BCUT2D eigenvalue weighted by atomic mass is 16.5. The van der Waals surface area contributed by atoms with Crippen LogP contribution in [-0.2, 0) is 4.74 Å². The van der Waals surface area contributed by atoms with E-state index in [1.165, 1.54) is 31.3 Å². The lowest BCUT2D eigenvalue weighted by Gasteiger charge is -2.34. The average Bonchev–Trinajstić information content (AvgIpc) is 3.30. The number of morpholine rings is 1. The lowest BCUT2D eigenvalue weighted by atomic mass is 10.2. The Kier molecular flexibility index (Phi) is 4.59. The molecule has 1 aromatic rings. The van der Waals surface area contributed by atoms with Gasteiger partial charge in [0, 0.05) is 32.4 Å². The number of aromatic hydroxyl groups is 1. The molecule has 1 amide bonds. The van der Waals surface area contributed by atoms with E-state index >= 15 is 0 Å². The third kappa shape index (κ3) is 3.96. The number of carbonyl (C=O) groups is 1. The van der Waals surface area contributed by atoms with Gasteiger partial charge in [-0.1, -0.05) is 0 Å². The minimum absolute atomic E-state index is 0.0193. The van der Waals surface area contributed by atoms with Crippen molar-refractivity contribution in [3.05, 3.63) is 24.0 Å². The molecule has 1 saturated heterocycles. The predicted octanol–water partition coefficient (Wildman–Crippen LogP) is 0.970. The number of hydrogen-bond acceptors (Lipinski definition) is 5. The van der Waals surface area contributed by atoms with Crippen LogP contribution in [0.25, 0.3) is 0 Å². The van der Waals surface area contributed by atoms with Gasteiger partial charge < -0.3 is 19.6 Å². The maximum Gasteiger partial charge on any atom is 0.255 e. The van der Waals surface area contributed by atoms with E-state index in [-0.39, 0.29) is 17.8 Å². The van der Waals surface area contributed by atoms with E-state index in [9.17, 15) is 9.90 Å². The van der Waals surface area contributed by atoms with Crippen LogP contribution in [0.2, 0.25) is 0 Å². The van der Waals surface area contributed by atoms with Crippen molar-refractivity contribution < 1.29 is 14.6 Å². The molecule has 0 radical (unpaired) electrons. The Morgan fingerprint density at radius 1 is 1.45 bits per heavy atom. The number of likely N-dealkylation sites (N-methyl/N-ethyl adjacent to an activating group) is 1. The maximum absolute atomic E-state index is 12.7. The monoisotopic (exact) mass is 305 g/mol. The maximum atomic E-state index is 12.7. The van der Waals surface area contributed by atoms with Crippen molar-refractivity contribution in [2.45, 2.75) is 18.9 Å². The fourth-order valence-corrected chi connectivity index (χ4v) is 2.80. The van der Waals surface area contributed by atoms with E-state index < -0.39 is 0 Å². The highest BCUT2D eigenvalue weighted by Crippen LogP contribution is 2.30. The first-order valence-corrected chi connectivity index (χ1v) is 7.85. The van der Waals surface area contributed by atoms with Crippen LogP contribution in [0.15, 0.2) is 18.5 Å². The van der Waals surface area contributed by atoms with Gasteiger partial charge in [-0.3, -0.25) is 9.78 Å². The molecular weight excluding hydrogens is 282 g/mol. The summed E-state index contributed by atoms with van der Waals surface area (Å²) in [5, 5.41) is 9.53. The van der Waals surface area contributed by atoms with E-state index in [0.29, 0.717) is 24.6 Å². The second-order valence-electron chi connectivity index (χ2n) is 6.34. The van der Waals surface area contributed by atoms with Gasteiger partial charge in [-0.25, -0.2) is 0 Å². The van der Waals surface area contributed by atoms with Crippen LogP contribution in [0.5, 0.6) is 5.75 Å². The molecule has 6 heteroatoms. The SMILES string of the molecule is CN1CCO[C@H](CN(CC2CC2)C(=O)c2cncc(O)c2)C1. The molecule has 6 nitrogen and oxygen atoms in total. The normalized spacial score (nSPS) is 22.5. The van der Waals surface area contributed by atoms with Crippen LogP contribution < -0.4 is 0 Å². The molecule has 0 spiro atoms. The first-order valence-electron chi connectivity index (χ1n) is 7.85. The summed E-state index contributed by atoms with van der Waals surface area (Å²) in [6.07, 6.45) is 5.27. The molecule has 1 saturated carbocycles. The van der Waals surface area contributed by atoms with Gasteiger partial charge in [0.2, 0.25) is 0 Å². The second kappa shape index (κ2) is 6.62. The molecule has 120 valence electrons. The van der Waals surface area contributed by atoms with Gasteiger partial charge in [0.1, 0.15) is 5.75 Å². The van der Waals surface area contributed by atoms with E-state index in [1.54, 1.807) is 0 Å². The van der Waals surface area contributed by atoms with Crippen LogP contribution in [0.1, 0.15) is 23.2 Å². The minimum atomic E-state index is -0.0767. The van der Waals surface area contributed by atoms with Gasteiger partial charge >= 0.3 is 0 Å². The van der Waals surface area contributed by atoms with Gasteiger partial charge in [0.25, 0.3) is 5.91 Å². The van der Waals surface area contributed by atoms with Gasteiger partial charge in [0.05, 0.1) is 24.5 Å². The van der Waals surface area contributed by atoms with Gasteiger partial charge in [-0.15, -0.1) is 0 Å². The number of pyridine rings is 1. The summed E-state index contributed by atoms with van der Waals surface area (Å²) < 4.78 is 5.79. The first kappa shape index (κ1) is 15.2. The fourth-order valence-electron chi connectivity index (χ4n) is 2.80. The Morgan fingerprint density at radius 2 is 2.27 bits per heavy atom. The van der Waals surface area contributed by atoms with Crippen molar-refractivity contribution in [1.29, 1.82) is 0 Å². The molecule has 0 aromatic carbocycles. The summed E-state index contributed by atoms with van der Waals surface area (Å²) in [5.74, 6) is 0.550. The number of ether oxygens (including phenoxy) is 1. The summed E-state index contributed by atoms with van der Waals surface area (Å²) in [6, 6.07) is 1.48. The fraction of sp³-hybridized carbons (Fsp3) is 0.625. The van der Waals surface area contributed by atoms with Gasteiger partial charge in [0.15, 0.2) is 0 Å². The molecule has 0 unspecified atom stereocenters. The number of nitrogens with zero attached hydrogens (tertiary/aromatic N) is 3. The van der Waals surface area contributed by atoms with Crippen LogP contribution in [0.3, 0.4) is 0 Å². The largest absolute Gasteiger partial charge is 0.506 e. The predicted molar refractivity (Wildman–Crippen MR) is 81.8 cm³/mol. The lowest BCUT2D eigenvalue weighted by molar-refractivity contribution is -0.0331. The summed E-state index contributed by atoms with van der Waals surface area (Å²) in [7, 11) is 2.07. The van der Waals surface area contributed by atoms with E-state index in [2.05, 4.69) is 16.9 Å². The van der Waals surface area contributed by atoms with Gasteiger partial charge in [-0.2, -0.15) is 0 Å². The molecule has 1 N–H and O–H groups in total. The molecule has 0 bridgehead atoms. The molecule has 1 aliphatic heterocycles. The molecule has 2 heterocycles. The first-order chi connectivity index (χ1) is 10.6. The van der Waals surface area contributed by atoms with E-state index in [4.69, 9.17) is 4.74 Å². The van der Waals surface area contributed by atoms with Crippen molar-refractivity contribution in [1.82, 2.24) is 14.8 Å². The Balaban J connectivity index is 1.69. The zero-order chi connectivity index (χ0) is 15.5. The summed E-state index contributed by atoms with van der Waals surface area (Å²) in [6.45, 7) is 3.84. The second-order valence-corrected chi connectivity index (χ2v) is 6.34. The smallest absolute Gasteiger partial charge is 0.255 e. The Bertz CT molecular complexity index is 533. The molecule has 3 rings (SSSR count). The number of hydrogen-bond donors (Lipinski definition) is 1. The van der Waals surface area contributed by atoms with E-state index in [0.717, 1.165) is 19.6 Å². The third-order valence-electron chi connectivity index (χ3n) is 4.20. The summed E-state index contributed by atoms with van der Waals surface area (Å²) in [5.41, 5.74) is 0.435. The number of aromatic nitrogens is 1. The Hall–Kier alpha value is -1.66. The molecule has 2 fully saturated rings. The van der Waals surface area contributed by atoms with Gasteiger partial charge in [-0.05, 0) is 31.9 Å². The van der Waals surface area contributed by atoms with Crippen molar-refractivity contribution >= 4 is 5.91 Å². The lowest BCUT2D eigenvalue weighted by Crippen LogP contribution is -2.48. The summed E-state index contributed by atoms with van der Waals surface area (Å²) >= 11 is 0. The topological polar surface area (TPSA) is 65.9 Å². The van der Waals surface area contributed by atoms with E-state index in [1.807, 2.05) is 4.90 Å². The number of carbonyl (C=O) groups excluding carboxylic acids is 1. The minimum Gasteiger partial charge on any atom is -0.506 e. The molecular formula is C16H23N3O3. The summed E-state index contributed by atoms with van der Waals surface area (Å²) in [4.78, 5) is 20.7. The Labute approximate surface area is 130 Å². The standard InChI is InChI=1S/C16H23N3O3/c1-18-4-5-22-15(10-18)11-19(9-12-2-3-12)16(21)13-6-14(20)8-17-7-13/h6-8,12,15,20H,2-5,9-11H2,1H3/t15-/m0/s1. The number of rotatable bonds is 5. The van der Waals surface area contributed by atoms with Crippen molar-refractivity contribution in [3.63, 3.8) is 0 Å². The van der Waals surface area contributed by atoms with Crippen LogP contribution in [0, 0.1) is 5.92 Å². The third-order valence-corrected chi connectivity index (χ3v) is 4.20. The van der Waals surface area contributed by atoms with Crippen molar-refractivity contribution in [2.75, 3.05) is 39.8 Å². The zero-order valence-electron chi connectivity index (χ0n) is 12.9. The van der Waals surface area contributed by atoms with Crippen LogP contribution in [-0.4, -0.2) is 71.7 Å². The van der Waals surface area contributed by atoms with Crippen LogP contribution >= 0.6 is 0 Å². The quantitative estimate of drug-likeness (QED) is 0.878. The zero-order valence-corrected chi connectivity index (χ0v) is 12.9.